The number of ether oxygens (including phenoxy) is 2. The fourth-order valence-electron chi connectivity index (χ4n) is 2.52. The zero-order valence-corrected chi connectivity index (χ0v) is 14.2. The molecule has 3 aromatic rings. The molecule has 1 unspecified atom stereocenters. The molecule has 2 aromatic carbocycles. The quantitative estimate of drug-likeness (QED) is 0.634. The molecule has 0 fully saturated rings. The highest BCUT2D eigenvalue weighted by atomic mass is 35.5. The van der Waals surface area contributed by atoms with E-state index in [2.05, 4.69) is 4.98 Å². The summed E-state index contributed by atoms with van der Waals surface area (Å²) in [6, 6.07) is 15.6. The number of methoxy groups -OCH3 is 1. The molecular weight excluding hydrogens is 324 g/mol. The lowest BCUT2D eigenvalue weighted by Gasteiger charge is -2.20. The van der Waals surface area contributed by atoms with Crippen LogP contribution in [0.2, 0.25) is 5.02 Å². The third-order valence-electron chi connectivity index (χ3n) is 3.77. The molecule has 0 amide bonds. The maximum Gasteiger partial charge on any atom is 0.119 e. The van der Waals surface area contributed by atoms with Gasteiger partial charge in [-0.2, -0.15) is 0 Å². The molecule has 0 aliphatic rings. The van der Waals surface area contributed by atoms with Gasteiger partial charge in [-0.05, 0) is 23.8 Å². The van der Waals surface area contributed by atoms with Gasteiger partial charge in [-0.15, -0.1) is 0 Å². The van der Waals surface area contributed by atoms with Gasteiger partial charge in [-0.3, -0.25) is 0 Å². The van der Waals surface area contributed by atoms with Crippen molar-refractivity contribution >= 4 is 11.6 Å². The van der Waals surface area contributed by atoms with E-state index in [0.717, 1.165) is 16.9 Å². The summed E-state index contributed by atoms with van der Waals surface area (Å²) in [5, 5.41) is 0.702. The second kappa shape index (κ2) is 7.99. The van der Waals surface area contributed by atoms with E-state index in [1.54, 1.807) is 19.6 Å². The molecule has 5 heteroatoms. The van der Waals surface area contributed by atoms with Gasteiger partial charge in [0.15, 0.2) is 0 Å². The lowest BCUT2D eigenvalue weighted by molar-refractivity contribution is 0.0279. The van der Waals surface area contributed by atoms with Gasteiger partial charge >= 0.3 is 0 Å². The molecule has 0 N–H and O–H groups in total. The lowest BCUT2D eigenvalue weighted by atomic mass is 10.1. The van der Waals surface area contributed by atoms with E-state index in [1.807, 2.05) is 59.3 Å². The molecule has 4 nitrogen and oxygen atoms in total. The first-order valence-corrected chi connectivity index (χ1v) is 8.09. The van der Waals surface area contributed by atoms with Gasteiger partial charge in [0.25, 0.3) is 0 Å². The number of hydrogen-bond acceptors (Lipinski definition) is 3. The highest BCUT2D eigenvalue weighted by molar-refractivity contribution is 6.31. The monoisotopic (exact) mass is 342 g/mol. The third-order valence-corrected chi connectivity index (χ3v) is 4.12. The first kappa shape index (κ1) is 16.6. The maximum atomic E-state index is 6.36. The van der Waals surface area contributed by atoms with Gasteiger partial charge in [-0.25, -0.2) is 4.98 Å². The van der Waals surface area contributed by atoms with Crippen LogP contribution >= 0.6 is 11.6 Å². The minimum absolute atomic E-state index is 0.167. The Morgan fingerprint density at radius 1 is 1.17 bits per heavy atom. The molecule has 0 radical (unpaired) electrons. The smallest absolute Gasteiger partial charge is 0.119 e. The topological polar surface area (TPSA) is 36.3 Å². The number of imidazole rings is 1. The van der Waals surface area contributed by atoms with Crippen LogP contribution in [0.5, 0.6) is 5.75 Å². The molecule has 3 rings (SSSR count). The minimum Gasteiger partial charge on any atom is -0.497 e. The summed E-state index contributed by atoms with van der Waals surface area (Å²) in [7, 11) is 1.66. The van der Waals surface area contributed by atoms with Gasteiger partial charge in [-0.1, -0.05) is 41.9 Å². The third kappa shape index (κ3) is 4.16. The Bertz CT molecular complexity index is 775. The Hall–Kier alpha value is -2.30. The summed E-state index contributed by atoms with van der Waals surface area (Å²) in [4.78, 5) is 4.09. The summed E-state index contributed by atoms with van der Waals surface area (Å²) in [6.07, 6.45) is 5.28. The summed E-state index contributed by atoms with van der Waals surface area (Å²) < 4.78 is 13.4. The van der Waals surface area contributed by atoms with Crippen molar-refractivity contribution in [2.45, 2.75) is 19.3 Å². The van der Waals surface area contributed by atoms with Crippen LogP contribution in [0, 0.1) is 0 Å². The van der Waals surface area contributed by atoms with E-state index in [4.69, 9.17) is 21.1 Å². The Balaban J connectivity index is 1.78. The Kier molecular flexibility index (Phi) is 5.51. The van der Waals surface area contributed by atoms with Crippen LogP contribution in [0.3, 0.4) is 0 Å². The first-order valence-electron chi connectivity index (χ1n) is 7.71. The number of halogens is 1. The maximum absolute atomic E-state index is 6.36. The van der Waals surface area contributed by atoms with Crippen molar-refractivity contribution in [1.29, 1.82) is 0 Å². The number of nitrogens with zero attached hydrogens (tertiary/aromatic N) is 2. The fraction of sp³-hybridized carbons (Fsp3) is 0.211. The standard InChI is InChI=1S/C19H19ClN2O2/c1-23-16-6-4-5-15(11-16)13-24-19(12-22-10-9-21-14-22)17-7-2-3-8-18(17)20/h2-11,14,19H,12-13H2,1H3. The molecule has 124 valence electrons. The van der Waals surface area contributed by atoms with E-state index in [9.17, 15) is 0 Å². The zero-order valence-electron chi connectivity index (χ0n) is 13.4. The minimum atomic E-state index is -0.167. The molecule has 24 heavy (non-hydrogen) atoms. The van der Waals surface area contributed by atoms with Crippen LogP contribution in [0.1, 0.15) is 17.2 Å². The predicted molar refractivity (Wildman–Crippen MR) is 94.2 cm³/mol. The normalized spacial score (nSPS) is 12.1. The van der Waals surface area contributed by atoms with Crippen LogP contribution in [0.4, 0.5) is 0 Å². The van der Waals surface area contributed by atoms with Gasteiger partial charge in [0.1, 0.15) is 11.9 Å². The molecule has 1 atom stereocenters. The van der Waals surface area contributed by atoms with Crippen molar-refractivity contribution in [3.8, 4) is 5.75 Å². The molecular formula is C19H19ClN2O2. The number of aromatic nitrogens is 2. The summed E-state index contributed by atoms with van der Waals surface area (Å²) in [6.45, 7) is 1.12. The van der Waals surface area contributed by atoms with E-state index in [0.29, 0.717) is 18.2 Å². The molecule has 1 heterocycles. The van der Waals surface area contributed by atoms with Crippen molar-refractivity contribution < 1.29 is 9.47 Å². The molecule has 0 aliphatic carbocycles. The Labute approximate surface area is 146 Å². The highest BCUT2D eigenvalue weighted by Gasteiger charge is 2.16. The predicted octanol–water partition coefficient (Wildman–Crippen LogP) is 4.50. The SMILES string of the molecule is COc1cccc(COC(Cn2ccnc2)c2ccccc2Cl)c1. The van der Waals surface area contributed by atoms with Gasteiger partial charge in [0.05, 0.1) is 26.6 Å². The van der Waals surface area contributed by atoms with Crippen LogP contribution in [0.25, 0.3) is 0 Å². The van der Waals surface area contributed by atoms with E-state index in [-0.39, 0.29) is 6.10 Å². The summed E-state index contributed by atoms with van der Waals surface area (Å²) in [5.74, 6) is 0.819. The number of benzene rings is 2. The average Bonchev–Trinajstić information content (AvgIpc) is 3.12. The van der Waals surface area contributed by atoms with Crippen LogP contribution in [0.15, 0.2) is 67.3 Å². The Morgan fingerprint density at radius 2 is 2.04 bits per heavy atom. The molecule has 0 bridgehead atoms. The first-order chi connectivity index (χ1) is 11.8. The van der Waals surface area contributed by atoms with E-state index >= 15 is 0 Å². The summed E-state index contributed by atoms with van der Waals surface area (Å²) >= 11 is 6.36. The molecule has 0 aliphatic heterocycles. The molecule has 0 spiro atoms. The van der Waals surface area contributed by atoms with Crippen LogP contribution in [-0.2, 0) is 17.9 Å². The second-order valence-corrected chi connectivity index (χ2v) is 5.84. The van der Waals surface area contributed by atoms with Crippen LogP contribution in [-0.4, -0.2) is 16.7 Å². The highest BCUT2D eigenvalue weighted by Crippen LogP contribution is 2.28. The molecule has 1 aromatic heterocycles. The largest absolute Gasteiger partial charge is 0.497 e. The molecule has 0 saturated carbocycles. The van der Waals surface area contributed by atoms with Gasteiger partial charge < -0.3 is 14.0 Å². The van der Waals surface area contributed by atoms with Crippen molar-refractivity contribution in [2.24, 2.45) is 0 Å². The average molecular weight is 343 g/mol. The Morgan fingerprint density at radius 3 is 2.79 bits per heavy atom. The van der Waals surface area contributed by atoms with E-state index in [1.165, 1.54) is 0 Å². The number of rotatable bonds is 7. The zero-order chi connectivity index (χ0) is 16.8. The van der Waals surface area contributed by atoms with Crippen LogP contribution < -0.4 is 4.74 Å². The van der Waals surface area contributed by atoms with Crippen molar-refractivity contribution in [3.05, 3.63) is 83.4 Å². The molecule has 0 saturated heterocycles. The number of hydrogen-bond donors (Lipinski definition) is 0. The fourth-order valence-corrected chi connectivity index (χ4v) is 2.78. The summed E-state index contributed by atoms with van der Waals surface area (Å²) in [5.41, 5.74) is 2.02. The van der Waals surface area contributed by atoms with Crippen molar-refractivity contribution in [3.63, 3.8) is 0 Å². The van der Waals surface area contributed by atoms with E-state index < -0.39 is 0 Å². The second-order valence-electron chi connectivity index (χ2n) is 5.43. The van der Waals surface area contributed by atoms with Gasteiger partial charge in [0.2, 0.25) is 0 Å². The van der Waals surface area contributed by atoms with Gasteiger partial charge in [0, 0.05) is 23.0 Å². The lowest BCUT2D eigenvalue weighted by Crippen LogP contribution is -2.12. The van der Waals surface area contributed by atoms with Crippen molar-refractivity contribution in [2.75, 3.05) is 7.11 Å². The van der Waals surface area contributed by atoms with Crippen molar-refractivity contribution in [1.82, 2.24) is 9.55 Å².